The molecule has 0 spiro atoms. The molecule has 1 saturated heterocycles. The van der Waals surface area contributed by atoms with E-state index in [1.165, 1.54) is 4.68 Å². The fourth-order valence-electron chi connectivity index (χ4n) is 2.69. The molecule has 2 aliphatic rings. The Morgan fingerprint density at radius 1 is 1.33 bits per heavy atom. The first kappa shape index (κ1) is 11.9. The summed E-state index contributed by atoms with van der Waals surface area (Å²) in [6.07, 6.45) is -0.0705. The fourth-order valence-corrected chi connectivity index (χ4v) is 2.69. The molecule has 18 heavy (non-hydrogen) atoms. The van der Waals surface area contributed by atoms with Crippen molar-refractivity contribution >= 4 is 5.82 Å². The van der Waals surface area contributed by atoms with Crippen molar-refractivity contribution in [1.82, 2.24) is 9.78 Å². The van der Waals surface area contributed by atoms with Gasteiger partial charge in [0.05, 0.1) is 5.69 Å². The van der Waals surface area contributed by atoms with Crippen molar-refractivity contribution in [3.63, 3.8) is 0 Å². The Morgan fingerprint density at radius 3 is 2.83 bits per heavy atom. The highest BCUT2D eigenvalue weighted by molar-refractivity contribution is 5.40. The van der Waals surface area contributed by atoms with Crippen LogP contribution in [0, 0.1) is 0 Å². The summed E-state index contributed by atoms with van der Waals surface area (Å²) in [7, 11) is 0. The minimum absolute atomic E-state index is 0.344. The molecule has 100 valence electrons. The molecule has 6 heteroatoms. The molecule has 2 aliphatic heterocycles. The van der Waals surface area contributed by atoms with Crippen LogP contribution in [-0.2, 0) is 4.74 Å². The van der Waals surface area contributed by atoms with Crippen LogP contribution < -0.4 is 5.32 Å². The number of anilines is 1. The number of alkyl halides is 2. The zero-order valence-electron chi connectivity index (χ0n) is 10.1. The van der Waals surface area contributed by atoms with Crippen LogP contribution >= 0.6 is 0 Å². The molecule has 1 fully saturated rings. The molecule has 0 radical (unpaired) electrons. The van der Waals surface area contributed by atoms with E-state index in [9.17, 15) is 8.78 Å². The summed E-state index contributed by atoms with van der Waals surface area (Å²) < 4.78 is 32.7. The summed E-state index contributed by atoms with van der Waals surface area (Å²) in [6, 6.07) is 1.14. The number of fused-ring (bicyclic) bond motifs is 1. The first-order valence-electron chi connectivity index (χ1n) is 6.45. The predicted octanol–water partition coefficient (Wildman–Crippen LogP) is 2.40. The Kier molecular flexibility index (Phi) is 3.20. The summed E-state index contributed by atoms with van der Waals surface area (Å²) in [5.41, 5.74) is 0.924. The zero-order valence-corrected chi connectivity index (χ0v) is 10.1. The number of halogens is 2. The van der Waals surface area contributed by atoms with E-state index >= 15 is 0 Å². The monoisotopic (exact) mass is 257 g/mol. The van der Waals surface area contributed by atoms with Crippen molar-refractivity contribution < 1.29 is 13.5 Å². The smallest absolute Gasteiger partial charge is 0.260 e. The highest BCUT2D eigenvalue weighted by Crippen LogP contribution is 2.33. The van der Waals surface area contributed by atoms with Gasteiger partial charge >= 0.3 is 0 Å². The second-order valence-electron chi connectivity index (χ2n) is 4.90. The van der Waals surface area contributed by atoms with Crippen LogP contribution in [0.4, 0.5) is 14.6 Å². The molecule has 1 aromatic rings. The van der Waals surface area contributed by atoms with E-state index in [2.05, 4.69) is 10.4 Å². The SMILES string of the molecule is FC(F)C1CCNc2cc(C3CCOCC3)nn21. The van der Waals surface area contributed by atoms with Gasteiger partial charge in [-0.05, 0) is 19.3 Å². The van der Waals surface area contributed by atoms with Crippen molar-refractivity contribution in [2.75, 3.05) is 25.1 Å². The largest absolute Gasteiger partial charge is 0.381 e. The molecule has 0 amide bonds. The second-order valence-corrected chi connectivity index (χ2v) is 4.90. The lowest BCUT2D eigenvalue weighted by atomic mass is 9.97. The van der Waals surface area contributed by atoms with Crippen LogP contribution in [0.15, 0.2) is 6.07 Å². The number of ether oxygens (including phenoxy) is 1. The van der Waals surface area contributed by atoms with E-state index < -0.39 is 12.5 Å². The quantitative estimate of drug-likeness (QED) is 0.884. The summed E-state index contributed by atoms with van der Waals surface area (Å²) >= 11 is 0. The van der Waals surface area contributed by atoms with Gasteiger partial charge in [0.15, 0.2) is 0 Å². The third-order valence-electron chi connectivity index (χ3n) is 3.75. The normalized spacial score (nSPS) is 24.9. The van der Waals surface area contributed by atoms with E-state index in [1.54, 1.807) is 0 Å². The van der Waals surface area contributed by atoms with Gasteiger partial charge in [-0.3, -0.25) is 0 Å². The molecule has 3 rings (SSSR count). The van der Waals surface area contributed by atoms with Gasteiger partial charge in [0.25, 0.3) is 6.43 Å². The molecule has 1 unspecified atom stereocenters. The van der Waals surface area contributed by atoms with E-state index in [1.807, 2.05) is 6.07 Å². The molecule has 1 aromatic heterocycles. The summed E-state index contributed by atoms with van der Waals surface area (Å²) in [6.45, 7) is 2.06. The Bertz CT molecular complexity index is 415. The second kappa shape index (κ2) is 4.84. The molecule has 0 saturated carbocycles. The van der Waals surface area contributed by atoms with Crippen LogP contribution in [0.2, 0.25) is 0 Å². The van der Waals surface area contributed by atoms with E-state index in [4.69, 9.17) is 4.74 Å². The van der Waals surface area contributed by atoms with Gasteiger partial charge in [-0.15, -0.1) is 0 Å². The maximum atomic E-state index is 12.9. The summed E-state index contributed by atoms with van der Waals surface area (Å²) in [4.78, 5) is 0. The van der Waals surface area contributed by atoms with Crippen LogP contribution in [0.25, 0.3) is 0 Å². The van der Waals surface area contributed by atoms with E-state index in [-0.39, 0.29) is 0 Å². The van der Waals surface area contributed by atoms with Gasteiger partial charge in [-0.1, -0.05) is 0 Å². The number of nitrogens with one attached hydrogen (secondary N) is 1. The molecular weight excluding hydrogens is 240 g/mol. The van der Waals surface area contributed by atoms with E-state index in [0.717, 1.165) is 37.6 Å². The summed E-state index contributed by atoms with van der Waals surface area (Å²) in [5.74, 6) is 1.07. The van der Waals surface area contributed by atoms with Gasteiger partial charge < -0.3 is 10.1 Å². The van der Waals surface area contributed by atoms with Gasteiger partial charge in [-0.2, -0.15) is 5.10 Å². The summed E-state index contributed by atoms with van der Waals surface area (Å²) in [5, 5.41) is 7.54. The van der Waals surface area contributed by atoms with Crippen molar-refractivity contribution in [2.45, 2.75) is 37.6 Å². The van der Waals surface area contributed by atoms with Crippen molar-refractivity contribution in [3.05, 3.63) is 11.8 Å². The molecule has 3 heterocycles. The maximum absolute atomic E-state index is 12.9. The number of aromatic nitrogens is 2. The zero-order chi connectivity index (χ0) is 12.5. The Balaban J connectivity index is 1.85. The lowest BCUT2D eigenvalue weighted by Gasteiger charge is -2.24. The number of nitrogens with zero attached hydrogens (tertiary/aromatic N) is 2. The average molecular weight is 257 g/mol. The van der Waals surface area contributed by atoms with Gasteiger partial charge in [0.2, 0.25) is 0 Å². The highest BCUT2D eigenvalue weighted by atomic mass is 19.3. The van der Waals surface area contributed by atoms with Gasteiger partial charge in [-0.25, -0.2) is 13.5 Å². The highest BCUT2D eigenvalue weighted by Gasteiger charge is 2.30. The molecule has 1 N–H and O–H groups in total. The minimum atomic E-state index is -2.35. The lowest BCUT2D eigenvalue weighted by Crippen LogP contribution is -2.28. The van der Waals surface area contributed by atoms with Crippen molar-refractivity contribution in [2.24, 2.45) is 0 Å². The molecule has 4 nitrogen and oxygen atoms in total. The molecule has 0 aliphatic carbocycles. The first-order chi connectivity index (χ1) is 8.75. The molecule has 1 atom stereocenters. The van der Waals surface area contributed by atoms with E-state index in [0.29, 0.717) is 18.9 Å². The molecule has 0 aromatic carbocycles. The standard InChI is InChI=1S/C12H17F2N3O/c13-12(14)10-1-4-15-11-7-9(16-17(10)11)8-2-5-18-6-3-8/h7-8,10,12,15H,1-6H2. The third kappa shape index (κ3) is 2.09. The Morgan fingerprint density at radius 2 is 2.11 bits per heavy atom. The van der Waals surface area contributed by atoms with Crippen molar-refractivity contribution in [1.29, 1.82) is 0 Å². The third-order valence-corrected chi connectivity index (χ3v) is 3.75. The molecule has 0 bridgehead atoms. The fraction of sp³-hybridized carbons (Fsp3) is 0.750. The van der Waals surface area contributed by atoms with Crippen LogP contribution in [0.5, 0.6) is 0 Å². The topological polar surface area (TPSA) is 39.1 Å². The van der Waals surface area contributed by atoms with Crippen LogP contribution in [0.3, 0.4) is 0 Å². The molecular formula is C12H17F2N3O. The predicted molar refractivity (Wildman–Crippen MR) is 63.2 cm³/mol. The Hall–Kier alpha value is -1.17. The van der Waals surface area contributed by atoms with Crippen molar-refractivity contribution in [3.8, 4) is 0 Å². The average Bonchev–Trinajstić information content (AvgIpc) is 2.83. The number of hydrogen-bond acceptors (Lipinski definition) is 3. The number of hydrogen-bond donors (Lipinski definition) is 1. The number of rotatable bonds is 2. The van der Waals surface area contributed by atoms with Gasteiger partial charge in [0, 0.05) is 31.7 Å². The Labute approximate surface area is 104 Å². The van der Waals surface area contributed by atoms with Gasteiger partial charge in [0.1, 0.15) is 11.9 Å². The maximum Gasteiger partial charge on any atom is 0.260 e. The van der Waals surface area contributed by atoms with Crippen LogP contribution in [-0.4, -0.2) is 36.0 Å². The first-order valence-corrected chi connectivity index (χ1v) is 6.45. The van der Waals surface area contributed by atoms with Crippen LogP contribution in [0.1, 0.15) is 36.9 Å². The lowest BCUT2D eigenvalue weighted by molar-refractivity contribution is 0.0696. The minimum Gasteiger partial charge on any atom is -0.381 e.